The van der Waals surface area contributed by atoms with Crippen molar-refractivity contribution in [3.05, 3.63) is 83.3 Å². The second-order valence-corrected chi connectivity index (χ2v) is 4.31. The van der Waals surface area contributed by atoms with Crippen LogP contribution < -0.4 is 5.43 Å². The molecule has 0 saturated heterocycles. The normalized spacial score (nSPS) is 10.1. The van der Waals surface area contributed by atoms with Crippen molar-refractivity contribution in [3.8, 4) is 11.5 Å². The van der Waals surface area contributed by atoms with Crippen LogP contribution in [0.15, 0.2) is 82.3 Å². The molecule has 1 aromatic carbocycles. The molecule has 0 spiro atoms. The molecule has 1 aromatic heterocycles. The van der Waals surface area contributed by atoms with E-state index in [1.807, 2.05) is 42.5 Å². The van der Waals surface area contributed by atoms with Gasteiger partial charge >= 0.3 is 0 Å². The molecule has 4 rings (SSSR count). The fourth-order valence-electron chi connectivity index (χ4n) is 1.88. The number of hydrogen-bond acceptors (Lipinski definition) is 4. The summed E-state index contributed by atoms with van der Waals surface area (Å²) in [5.74, 6) is 0.529. The molecule has 2 aromatic rings. The fourth-order valence-corrected chi connectivity index (χ4v) is 1.88. The Bertz CT molecular complexity index is 845. The van der Waals surface area contributed by atoms with Gasteiger partial charge in [-0.2, -0.15) is 0 Å². The molecular weight excluding hydrogens is 264 g/mol. The molecule has 1 aliphatic heterocycles. The first kappa shape index (κ1) is 13.0. The number of pyridine rings is 1. The van der Waals surface area contributed by atoms with E-state index in [9.17, 15) is 4.79 Å². The van der Waals surface area contributed by atoms with E-state index in [0.717, 1.165) is 0 Å². The van der Waals surface area contributed by atoms with E-state index < -0.39 is 0 Å². The monoisotopic (exact) mass is 276 g/mol. The molecule has 2 aliphatic rings. The van der Waals surface area contributed by atoms with Crippen molar-refractivity contribution < 1.29 is 4.42 Å². The summed E-state index contributed by atoms with van der Waals surface area (Å²) < 4.78 is 5.56. The van der Waals surface area contributed by atoms with Gasteiger partial charge in [0.1, 0.15) is 5.52 Å². The van der Waals surface area contributed by atoms with Gasteiger partial charge in [0.25, 0.3) is 0 Å². The molecule has 4 nitrogen and oxygen atoms in total. The third-order valence-electron chi connectivity index (χ3n) is 2.85. The van der Waals surface area contributed by atoms with E-state index >= 15 is 0 Å². The summed E-state index contributed by atoms with van der Waals surface area (Å²) in [7, 11) is 0. The van der Waals surface area contributed by atoms with Gasteiger partial charge in [-0.1, -0.05) is 24.3 Å². The Morgan fingerprint density at radius 2 is 1.62 bits per heavy atom. The summed E-state index contributed by atoms with van der Waals surface area (Å²) in [6, 6.07) is 18.0. The Morgan fingerprint density at radius 3 is 2.33 bits per heavy atom. The molecule has 21 heavy (non-hydrogen) atoms. The lowest BCUT2D eigenvalue weighted by atomic mass is 10.2. The Labute approximate surface area is 121 Å². The summed E-state index contributed by atoms with van der Waals surface area (Å²) in [5.41, 5.74) is 1.67. The van der Waals surface area contributed by atoms with Gasteiger partial charge in [0.15, 0.2) is 17.0 Å². The molecule has 2 heterocycles. The standard InChI is InChI=1S/C12H7NO2.C5H5N/c14-9-5-3-7-11-12(9)13-8-4-1-2-6-10(8)15-11;1-2-4-6-5-3-1/h1-7H;1-5H. The van der Waals surface area contributed by atoms with E-state index in [0.29, 0.717) is 22.6 Å². The molecule has 0 bridgehead atoms. The van der Waals surface area contributed by atoms with Gasteiger partial charge in [-0.25, -0.2) is 4.98 Å². The van der Waals surface area contributed by atoms with Crippen LogP contribution in [0.3, 0.4) is 0 Å². The van der Waals surface area contributed by atoms with Crippen LogP contribution in [0.2, 0.25) is 0 Å². The first-order valence-electron chi connectivity index (χ1n) is 6.48. The molecule has 0 saturated carbocycles. The number of hydrogen-bond donors (Lipinski definition) is 0. The van der Waals surface area contributed by atoms with Crippen molar-refractivity contribution in [2.24, 2.45) is 0 Å². The van der Waals surface area contributed by atoms with Crippen LogP contribution >= 0.6 is 0 Å². The molecule has 1 aliphatic carbocycles. The van der Waals surface area contributed by atoms with Crippen molar-refractivity contribution in [1.29, 1.82) is 0 Å². The minimum Gasteiger partial charge on any atom is -0.453 e. The van der Waals surface area contributed by atoms with Gasteiger partial charge in [0, 0.05) is 12.4 Å². The Balaban J connectivity index is 0.000000186. The van der Waals surface area contributed by atoms with Crippen molar-refractivity contribution in [3.63, 3.8) is 0 Å². The zero-order chi connectivity index (χ0) is 14.5. The van der Waals surface area contributed by atoms with Gasteiger partial charge in [-0.15, -0.1) is 0 Å². The third-order valence-corrected chi connectivity index (χ3v) is 2.85. The fraction of sp³-hybridized carbons (Fsp3) is 0. The molecule has 0 radical (unpaired) electrons. The lowest BCUT2D eigenvalue weighted by Gasteiger charge is -2.03. The van der Waals surface area contributed by atoms with E-state index in [4.69, 9.17) is 4.42 Å². The average molecular weight is 276 g/mol. The topological polar surface area (TPSA) is 56.0 Å². The molecule has 102 valence electrons. The van der Waals surface area contributed by atoms with Gasteiger partial charge in [-0.05, 0) is 36.4 Å². The highest BCUT2D eigenvalue weighted by atomic mass is 16.3. The predicted octanol–water partition coefficient (Wildman–Crippen LogP) is 3.37. The van der Waals surface area contributed by atoms with Crippen molar-refractivity contribution >= 4 is 11.1 Å². The largest absolute Gasteiger partial charge is 0.453 e. The van der Waals surface area contributed by atoms with E-state index in [2.05, 4.69) is 9.97 Å². The lowest BCUT2D eigenvalue weighted by Crippen LogP contribution is -2.05. The molecular formula is C17H12N2O2. The van der Waals surface area contributed by atoms with Crippen LogP contribution in [0.4, 0.5) is 0 Å². The number of para-hydroxylation sites is 3. The summed E-state index contributed by atoms with van der Waals surface area (Å²) in [6.45, 7) is 0. The number of aromatic nitrogens is 2. The van der Waals surface area contributed by atoms with Crippen LogP contribution in [0.25, 0.3) is 22.6 Å². The van der Waals surface area contributed by atoms with Crippen LogP contribution in [0.1, 0.15) is 0 Å². The minimum absolute atomic E-state index is 0.109. The first-order valence-corrected chi connectivity index (χ1v) is 6.48. The van der Waals surface area contributed by atoms with E-state index in [1.165, 1.54) is 6.07 Å². The zero-order valence-corrected chi connectivity index (χ0v) is 11.1. The van der Waals surface area contributed by atoms with E-state index in [-0.39, 0.29) is 5.43 Å². The average Bonchev–Trinajstić information content (AvgIpc) is 2.56. The summed E-state index contributed by atoms with van der Waals surface area (Å²) in [4.78, 5) is 19.6. The number of rotatable bonds is 0. The molecule has 0 atom stereocenters. The highest BCUT2D eigenvalue weighted by Crippen LogP contribution is 2.21. The van der Waals surface area contributed by atoms with Crippen LogP contribution in [0.5, 0.6) is 0 Å². The second-order valence-electron chi connectivity index (χ2n) is 4.31. The summed E-state index contributed by atoms with van der Waals surface area (Å²) >= 11 is 0. The van der Waals surface area contributed by atoms with E-state index in [1.54, 1.807) is 24.5 Å². The maximum absolute atomic E-state index is 11.5. The highest BCUT2D eigenvalue weighted by molar-refractivity contribution is 5.75. The number of nitrogens with zero attached hydrogens (tertiary/aromatic N) is 2. The number of benzene rings is 2. The molecule has 0 amide bonds. The summed E-state index contributed by atoms with van der Waals surface area (Å²) in [6.07, 6.45) is 3.50. The van der Waals surface area contributed by atoms with Crippen molar-refractivity contribution in [2.75, 3.05) is 0 Å². The Hall–Kier alpha value is -3.01. The molecule has 0 N–H and O–H groups in total. The third kappa shape index (κ3) is 2.95. The Kier molecular flexibility index (Phi) is 3.69. The molecule has 4 heteroatoms. The molecule has 0 unspecified atom stereocenters. The van der Waals surface area contributed by atoms with Crippen LogP contribution in [-0.2, 0) is 0 Å². The predicted molar refractivity (Wildman–Crippen MR) is 81.1 cm³/mol. The maximum Gasteiger partial charge on any atom is 0.208 e. The quantitative estimate of drug-likeness (QED) is 0.462. The van der Waals surface area contributed by atoms with Gasteiger partial charge in [0.05, 0.1) is 0 Å². The van der Waals surface area contributed by atoms with Crippen LogP contribution in [0, 0.1) is 0 Å². The zero-order valence-electron chi connectivity index (χ0n) is 11.1. The number of fused-ring (bicyclic) bond motifs is 2. The smallest absolute Gasteiger partial charge is 0.208 e. The SMILES string of the molecule is O=c1cccc2oc3ccccc3nc1-2.c1ccncc1. The second kappa shape index (κ2) is 5.96. The van der Waals surface area contributed by atoms with Crippen molar-refractivity contribution in [2.45, 2.75) is 0 Å². The van der Waals surface area contributed by atoms with Crippen LogP contribution in [-0.4, -0.2) is 9.97 Å². The lowest BCUT2D eigenvalue weighted by molar-refractivity contribution is 0.612. The summed E-state index contributed by atoms with van der Waals surface area (Å²) in [5, 5.41) is 0. The van der Waals surface area contributed by atoms with Gasteiger partial charge in [-0.3, -0.25) is 9.78 Å². The molecule has 0 fully saturated rings. The minimum atomic E-state index is -0.109. The van der Waals surface area contributed by atoms with Gasteiger partial charge < -0.3 is 4.42 Å². The highest BCUT2D eigenvalue weighted by Gasteiger charge is 2.10. The van der Waals surface area contributed by atoms with Crippen molar-refractivity contribution in [1.82, 2.24) is 9.97 Å². The first-order chi connectivity index (χ1) is 10.3. The maximum atomic E-state index is 11.5. The van der Waals surface area contributed by atoms with Gasteiger partial charge in [0.2, 0.25) is 5.43 Å². The Morgan fingerprint density at radius 1 is 0.810 bits per heavy atom.